The van der Waals surface area contributed by atoms with Gasteiger partial charge in [0.2, 0.25) is 0 Å². The first-order chi connectivity index (χ1) is 28.8. The first-order valence-electron chi connectivity index (χ1n) is 19.8. The monoisotopic (exact) mass is 739 g/mol. The second-order valence-electron chi connectivity index (χ2n) is 15.3. The van der Waals surface area contributed by atoms with E-state index in [1.807, 2.05) is 12.1 Å². The highest BCUT2D eigenvalue weighted by atomic mass is 16.5. The van der Waals surface area contributed by atoms with Gasteiger partial charge in [-0.1, -0.05) is 121 Å². The summed E-state index contributed by atoms with van der Waals surface area (Å²) in [5.41, 5.74) is 15.2. The van der Waals surface area contributed by atoms with E-state index in [-0.39, 0.29) is 0 Å². The van der Waals surface area contributed by atoms with Crippen molar-refractivity contribution in [2.24, 2.45) is 0 Å². The molecule has 0 amide bonds. The quantitative estimate of drug-likeness (QED) is 0.176. The van der Waals surface area contributed by atoms with Gasteiger partial charge in [-0.15, -0.1) is 0 Å². The zero-order chi connectivity index (χ0) is 37.9. The van der Waals surface area contributed by atoms with Crippen molar-refractivity contribution in [3.63, 3.8) is 0 Å². The van der Waals surface area contributed by atoms with E-state index in [4.69, 9.17) is 4.74 Å². The maximum absolute atomic E-state index is 6.34. The van der Waals surface area contributed by atoms with E-state index in [1.54, 1.807) is 0 Å². The fraction of sp³-hybridized carbons (Fsp3) is 0. The number of nitrogens with zero attached hydrogens (tertiary/aromatic N) is 3. The largest absolute Gasteiger partial charge is 0.453 e. The molecule has 0 saturated heterocycles. The van der Waals surface area contributed by atoms with Gasteiger partial charge in [-0.2, -0.15) is 0 Å². The summed E-state index contributed by atoms with van der Waals surface area (Å²) in [4.78, 5) is 0. The Morgan fingerprint density at radius 3 is 1.48 bits per heavy atom. The highest BCUT2D eigenvalue weighted by Crippen LogP contribution is 2.46. The summed E-state index contributed by atoms with van der Waals surface area (Å²) in [7, 11) is 0. The number of para-hydroxylation sites is 6. The van der Waals surface area contributed by atoms with Crippen LogP contribution in [0.5, 0.6) is 11.5 Å². The molecular formula is C54H33N3O. The van der Waals surface area contributed by atoms with Gasteiger partial charge in [0.05, 0.1) is 38.8 Å². The molecule has 0 aliphatic carbocycles. The minimum absolute atomic E-state index is 0.881. The second kappa shape index (κ2) is 11.8. The molecule has 13 rings (SSSR count). The Kier molecular flexibility index (Phi) is 6.41. The fourth-order valence-corrected chi connectivity index (χ4v) is 9.65. The summed E-state index contributed by atoms with van der Waals surface area (Å²) < 4.78 is 13.5. The van der Waals surface area contributed by atoms with Crippen molar-refractivity contribution < 1.29 is 4.74 Å². The summed E-state index contributed by atoms with van der Waals surface area (Å²) in [6, 6.07) is 72.5. The number of rotatable bonds is 4. The van der Waals surface area contributed by atoms with Crippen molar-refractivity contribution in [3.05, 3.63) is 200 Å². The third kappa shape index (κ3) is 4.40. The smallest absolute Gasteiger partial charge is 0.152 e. The van der Waals surface area contributed by atoms with Crippen molar-refractivity contribution in [2.45, 2.75) is 0 Å². The standard InChI is InChI=1S/C54H33N3O/c1-4-17-46-40(13-1)41-14-2-5-18-47(41)56(46)39-28-30-49-45(33-39)42-15-3-6-19-48(42)55(49)38-12-9-11-36(31-38)34-23-25-35(26-24-34)37-27-29-50-44(32-37)43-16-10-22-53-54(43)57(50)51-20-7-8-21-52(51)58-53/h1-33H. The summed E-state index contributed by atoms with van der Waals surface area (Å²) in [5, 5.41) is 7.44. The maximum Gasteiger partial charge on any atom is 0.152 e. The van der Waals surface area contributed by atoms with Gasteiger partial charge in [0.25, 0.3) is 0 Å². The van der Waals surface area contributed by atoms with Crippen LogP contribution in [-0.4, -0.2) is 13.7 Å². The van der Waals surface area contributed by atoms with Crippen LogP contribution >= 0.6 is 0 Å². The number of benzene rings is 9. The SMILES string of the molecule is c1cc(-c2ccc(-c3ccc4c(c3)c3cccc5c3n4-c3ccccc3O5)cc2)cc(-n2c3ccccc3c3cc(-n4c5ccccc5c5ccccc54)ccc32)c1. The van der Waals surface area contributed by atoms with Gasteiger partial charge < -0.3 is 18.4 Å². The molecule has 270 valence electrons. The Bertz CT molecular complexity index is 3600. The molecule has 4 heterocycles. The molecule has 0 fully saturated rings. The summed E-state index contributed by atoms with van der Waals surface area (Å²) in [6.07, 6.45) is 0. The molecule has 0 radical (unpaired) electrons. The highest BCUT2D eigenvalue weighted by Gasteiger charge is 2.24. The minimum atomic E-state index is 0.881. The van der Waals surface area contributed by atoms with E-state index in [1.165, 1.54) is 82.2 Å². The lowest BCUT2D eigenvalue weighted by Gasteiger charge is -2.20. The third-order valence-corrected chi connectivity index (χ3v) is 12.2. The van der Waals surface area contributed by atoms with Crippen LogP contribution in [0.2, 0.25) is 0 Å². The number of ether oxygens (including phenoxy) is 1. The van der Waals surface area contributed by atoms with Crippen LogP contribution in [0.15, 0.2) is 200 Å². The fourth-order valence-electron chi connectivity index (χ4n) is 9.65. The molecule has 0 saturated carbocycles. The van der Waals surface area contributed by atoms with Crippen molar-refractivity contribution in [1.29, 1.82) is 0 Å². The zero-order valence-corrected chi connectivity index (χ0v) is 31.3. The second-order valence-corrected chi connectivity index (χ2v) is 15.3. The minimum Gasteiger partial charge on any atom is -0.453 e. The molecule has 4 heteroatoms. The third-order valence-electron chi connectivity index (χ3n) is 12.2. The van der Waals surface area contributed by atoms with Gasteiger partial charge in [-0.25, -0.2) is 0 Å². The first kappa shape index (κ1) is 31.4. The van der Waals surface area contributed by atoms with Crippen LogP contribution < -0.4 is 4.74 Å². The van der Waals surface area contributed by atoms with E-state index in [2.05, 4.69) is 202 Å². The molecule has 0 N–H and O–H groups in total. The average Bonchev–Trinajstić information content (AvgIpc) is 3.93. The van der Waals surface area contributed by atoms with Crippen LogP contribution in [0.3, 0.4) is 0 Å². The molecule has 1 aliphatic heterocycles. The number of hydrogen-bond donors (Lipinski definition) is 0. The van der Waals surface area contributed by atoms with Gasteiger partial charge in [0, 0.05) is 43.7 Å². The van der Waals surface area contributed by atoms with Crippen molar-refractivity contribution in [2.75, 3.05) is 0 Å². The highest BCUT2D eigenvalue weighted by molar-refractivity contribution is 6.14. The molecule has 1 aliphatic rings. The first-order valence-corrected chi connectivity index (χ1v) is 19.8. The topological polar surface area (TPSA) is 24.0 Å². The van der Waals surface area contributed by atoms with Crippen LogP contribution in [0.1, 0.15) is 0 Å². The number of fused-ring (bicyclic) bond motifs is 11. The van der Waals surface area contributed by atoms with Crippen molar-refractivity contribution >= 4 is 65.4 Å². The van der Waals surface area contributed by atoms with Crippen LogP contribution in [0, 0.1) is 0 Å². The Balaban J connectivity index is 0.891. The Morgan fingerprint density at radius 2 is 0.759 bits per heavy atom. The molecule has 0 unspecified atom stereocenters. The zero-order valence-electron chi connectivity index (χ0n) is 31.3. The van der Waals surface area contributed by atoms with E-state index >= 15 is 0 Å². The van der Waals surface area contributed by atoms with E-state index in [0.717, 1.165) is 34.1 Å². The predicted molar refractivity (Wildman–Crippen MR) is 240 cm³/mol. The van der Waals surface area contributed by atoms with Crippen LogP contribution in [-0.2, 0) is 0 Å². The van der Waals surface area contributed by atoms with E-state index in [0.29, 0.717) is 0 Å². The van der Waals surface area contributed by atoms with Crippen molar-refractivity contribution in [3.8, 4) is 50.8 Å². The molecule has 58 heavy (non-hydrogen) atoms. The van der Waals surface area contributed by atoms with Gasteiger partial charge >= 0.3 is 0 Å². The predicted octanol–water partition coefficient (Wildman–Crippen LogP) is 14.4. The van der Waals surface area contributed by atoms with E-state index < -0.39 is 0 Å². The van der Waals surface area contributed by atoms with Gasteiger partial charge in [0.15, 0.2) is 11.5 Å². The number of aromatic nitrogens is 3. The molecule has 0 spiro atoms. The van der Waals surface area contributed by atoms with Gasteiger partial charge in [-0.3, -0.25) is 0 Å². The Morgan fingerprint density at radius 1 is 0.276 bits per heavy atom. The molecule has 0 bridgehead atoms. The Hall–Kier alpha value is -7.82. The van der Waals surface area contributed by atoms with Gasteiger partial charge in [-0.05, 0) is 101 Å². The molecule has 9 aromatic carbocycles. The molecule has 12 aromatic rings. The summed E-state index contributed by atoms with van der Waals surface area (Å²) in [5.74, 6) is 1.78. The molecular weight excluding hydrogens is 707 g/mol. The van der Waals surface area contributed by atoms with E-state index in [9.17, 15) is 0 Å². The van der Waals surface area contributed by atoms with Crippen LogP contribution in [0.4, 0.5) is 0 Å². The average molecular weight is 740 g/mol. The maximum atomic E-state index is 6.34. The van der Waals surface area contributed by atoms with Crippen molar-refractivity contribution in [1.82, 2.24) is 13.7 Å². The Labute approximate surface area is 333 Å². The lowest BCUT2D eigenvalue weighted by Crippen LogP contribution is -2.03. The lowest BCUT2D eigenvalue weighted by atomic mass is 9.99. The molecule has 0 atom stereocenters. The lowest BCUT2D eigenvalue weighted by molar-refractivity contribution is 0.476. The van der Waals surface area contributed by atoms with Crippen LogP contribution in [0.25, 0.3) is 105 Å². The molecule has 3 aromatic heterocycles. The summed E-state index contributed by atoms with van der Waals surface area (Å²) in [6.45, 7) is 0. The normalized spacial score (nSPS) is 12.3. The summed E-state index contributed by atoms with van der Waals surface area (Å²) >= 11 is 0. The van der Waals surface area contributed by atoms with Gasteiger partial charge in [0.1, 0.15) is 0 Å². The number of hydrogen-bond acceptors (Lipinski definition) is 1. The molecule has 4 nitrogen and oxygen atoms in total.